The maximum absolute atomic E-state index is 4.18. The maximum atomic E-state index is 4.18. The summed E-state index contributed by atoms with van der Waals surface area (Å²) in [6, 6.07) is 10.4. The second-order valence-electron chi connectivity index (χ2n) is 3.16. The molecule has 0 aliphatic rings. The minimum absolute atomic E-state index is 0.555. The molecule has 0 spiro atoms. The third-order valence-corrected chi connectivity index (χ3v) is 2.84. The fourth-order valence-electron chi connectivity index (χ4n) is 1.31. The highest BCUT2D eigenvalue weighted by molar-refractivity contribution is 14.1. The smallest absolute Gasteiger partial charge is 0.0645 e. The number of nitrogens with zero attached hydrogens (tertiary/aromatic N) is 2. The molecule has 0 aliphatic carbocycles. The van der Waals surface area contributed by atoms with Crippen LogP contribution < -0.4 is 0 Å². The highest BCUT2D eigenvalue weighted by Crippen LogP contribution is 2.22. The number of aromatic nitrogens is 2. The lowest BCUT2D eigenvalue weighted by Crippen LogP contribution is -1.94. The Kier molecular flexibility index (Phi) is 2.86. The number of halogens is 1. The fourth-order valence-corrected chi connectivity index (χ4v) is 1.73. The Morgan fingerprint density at radius 3 is 2.50 bits per heavy atom. The fraction of sp³-hybridized carbons (Fsp3) is 0.182. The molecular formula is C11H11IN2. The minimum Gasteiger partial charge on any atom is -0.241 e. The summed E-state index contributed by atoms with van der Waals surface area (Å²) in [4.78, 5) is 0. The lowest BCUT2D eigenvalue weighted by molar-refractivity contribution is 0.879. The van der Waals surface area contributed by atoms with Crippen LogP contribution in [-0.2, 0) is 0 Å². The van der Waals surface area contributed by atoms with Crippen molar-refractivity contribution < 1.29 is 0 Å². The average molecular weight is 298 g/mol. The van der Waals surface area contributed by atoms with Gasteiger partial charge in [0.05, 0.1) is 5.69 Å². The second-order valence-corrected chi connectivity index (χ2v) is 5.03. The maximum Gasteiger partial charge on any atom is 0.0645 e. The first-order valence-corrected chi connectivity index (χ1v) is 5.76. The topological polar surface area (TPSA) is 17.8 Å². The predicted octanol–water partition coefficient (Wildman–Crippen LogP) is 3.37. The van der Waals surface area contributed by atoms with Crippen molar-refractivity contribution in [2.45, 2.75) is 10.8 Å². The molecule has 0 saturated carbocycles. The number of hydrogen-bond acceptors (Lipinski definition) is 1. The molecule has 1 aromatic heterocycles. The van der Waals surface area contributed by atoms with Crippen LogP contribution in [0.15, 0.2) is 42.7 Å². The molecule has 0 aliphatic heterocycles. The Morgan fingerprint density at radius 1 is 1.29 bits per heavy atom. The Bertz CT molecular complexity index is 390. The average Bonchev–Trinajstić information content (AvgIpc) is 2.71. The van der Waals surface area contributed by atoms with E-state index in [2.05, 4.69) is 58.9 Å². The van der Waals surface area contributed by atoms with Gasteiger partial charge in [0.15, 0.2) is 0 Å². The predicted molar refractivity (Wildman–Crippen MR) is 66.0 cm³/mol. The van der Waals surface area contributed by atoms with Crippen molar-refractivity contribution >= 4 is 22.6 Å². The molecule has 72 valence electrons. The van der Waals surface area contributed by atoms with Gasteiger partial charge in [0, 0.05) is 16.3 Å². The highest BCUT2D eigenvalue weighted by Gasteiger charge is 2.00. The molecule has 0 amide bonds. The zero-order chi connectivity index (χ0) is 9.97. The molecule has 1 aromatic carbocycles. The standard InChI is InChI=1S/C11H11IN2/c1-9(12)10-3-5-11(6-4-10)14-8-2-7-13-14/h2-9H,1H3/t9-/m1/s1. The van der Waals surface area contributed by atoms with E-state index in [-0.39, 0.29) is 0 Å². The molecule has 2 rings (SSSR count). The molecule has 2 aromatic rings. The molecule has 3 heteroatoms. The van der Waals surface area contributed by atoms with Gasteiger partial charge in [-0.1, -0.05) is 34.7 Å². The third kappa shape index (κ3) is 1.97. The summed E-state index contributed by atoms with van der Waals surface area (Å²) >= 11 is 2.41. The molecule has 14 heavy (non-hydrogen) atoms. The highest BCUT2D eigenvalue weighted by atomic mass is 127. The van der Waals surface area contributed by atoms with E-state index in [1.165, 1.54) is 5.56 Å². The minimum atomic E-state index is 0.555. The van der Waals surface area contributed by atoms with Crippen LogP contribution in [0.2, 0.25) is 0 Å². The van der Waals surface area contributed by atoms with Gasteiger partial charge in [0.1, 0.15) is 0 Å². The summed E-state index contributed by atoms with van der Waals surface area (Å²) in [5, 5.41) is 4.18. The Balaban J connectivity index is 2.31. The van der Waals surface area contributed by atoms with Gasteiger partial charge >= 0.3 is 0 Å². The third-order valence-electron chi connectivity index (χ3n) is 2.12. The first-order valence-electron chi connectivity index (χ1n) is 4.51. The molecule has 1 heterocycles. The van der Waals surface area contributed by atoms with Crippen LogP contribution in [0.5, 0.6) is 0 Å². The molecule has 0 unspecified atom stereocenters. The van der Waals surface area contributed by atoms with Gasteiger partial charge < -0.3 is 0 Å². The zero-order valence-electron chi connectivity index (χ0n) is 7.89. The van der Waals surface area contributed by atoms with Crippen molar-refractivity contribution in [3.05, 3.63) is 48.3 Å². The SMILES string of the molecule is C[C@@H](I)c1ccc(-n2cccn2)cc1. The molecule has 0 fully saturated rings. The van der Waals surface area contributed by atoms with Crippen molar-refractivity contribution in [3.63, 3.8) is 0 Å². The van der Waals surface area contributed by atoms with Crippen LogP contribution in [0.3, 0.4) is 0 Å². The van der Waals surface area contributed by atoms with Crippen LogP contribution in [-0.4, -0.2) is 9.78 Å². The van der Waals surface area contributed by atoms with Crippen molar-refractivity contribution in [1.82, 2.24) is 9.78 Å². The van der Waals surface area contributed by atoms with Crippen LogP contribution in [0.4, 0.5) is 0 Å². The van der Waals surface area contributed by atoms with E-state index in [1.807, 2.05) is 16.9 Å². The Hall–Kier alpha value is -0.840. The van der Waals surface area contributed by atoms with Crippen LogP contribution >= 0.6 is 22.6 Å². The van der Waals surface area contributed by atoms with E-state index < -0.39 is 0 Å². The summed E-state index contributed by atoms with van der Waals surface area (Å²) in [6.07, 6.45) is 3.73. The molecule has 1 atom stereocenters. The number of alkyl halides is 1. The monoisotopic (exact) mass is 298 g/mol. The molecular weight excluding hydrogens is 287 g/mol. The van der Waals surface area contributed by atoms with Crippen molar-refractivity contribution in [3.8, 4) is 5.69 Å². The van der Waals surface area contributed by atoms with E-state index in [9.17, 15) is 0 Å². The normalized spacial score (nSPS) is 12.7. The number of benzene rings is 1. The van der Waals surface area contributed by atoms with Gasteiger partial charge in [-0.2, -0.15) is 5.10 Å². The van der Waals surface area contributed by atoms with Gasteiger partial charge in [-0.15, -0.1) is 0 Å². The summed E-state index contributed by atoms with van der Waals surface area (Å²) < 4.78 is 2.42. The lowest BCUT2D eigenvalue weighted by atomic mass is 10.1. The van der Waals surface area contributed by atoms with Gasteiger partial charge in [-0.3, -0.25) is 0 Å². The van der Waals surface area contributed by atoms with E-state index in [0.717, 1.165) is 5.69 Å². The molecule has 2 nitrogen and oxygen atoms in total. The molecule has 0 N–H and O–H groups in total. The first-order chi connectivity index (χ1) is 6.77. The Labute approximate surface area is 97.1 Å². The van der Waals surface area contributed by atoms with Crippen molar-refractivity contribution in [2.24, 2.45) is 0 Å². The van der Waals surface area contributed by atoms with Gasteiger partial charge in [0.2, 0.25) is 0 Å². The van der Waals surface area contributed by atoms with E-state index in [0.29, 0.717) is 3.92 Å². The van der Waals surface area contributed by atoms with Crippen LogP contribution in [0.25, 0.3) is 5.69 Å². The number of rotatable bonds is 2. The van der Waals surface area contributed by atoms with Crippen LogP contribution in [0, 0.1) is 0 Å². The van der Waals surface area contributed by atoms with Crippen molar-refractivity contribution in [1.29, 1.82) is 0 Å². The summed E-state index contributed by atoms with van der Waals surface area (Å²) in [5.74, 6) is 0. The van der Waals surface area contributed by atoms with E-state index in [4.69, 9.17) is 0 Å². The molecule has 0 saturated heterocycles. The Morgan fingerprint density at radius 2 is 2.00 bits per heavy atom. The van der Waals surface area contributed by atoms with Crippen LogP contribution in [0.1, 0.15) is 16.4 Å². The van der Waals surface area contributed by atoms with E-state index in [1.54, 1.807) is 6.20 Å². The van der Waals surface area contributed by atoms with Gasteiger partial charge in [-0.05, 0) is 30.7 Å². The second kappa shape index (κ2) is 4.13. The van der Waals surface area contributed by atoms with E-state index >= 15 is 0 Å². The lowest BCUT2D eigenvalue weighted by Gasteiger charge is -2.05. The number of hydrogen-bond donors (Lipinski definition) is 0. The van der Waals surface area contributed by atoms with Gasteiger partial charge in [0.25, 0.3) is 0 Å². The molecule has 0 radical (unpaired) electrons. The first kappa shape index (κ1) is 9.71. The quantitative estimate of drug-likeness (QED) is 0.614. The largest absolute Gasteiger partial charge is 0.241 e. The summed E-state index contributed by atoms with van der Waals surface area (Å²) in [7, 11) is 0. The van der Waals surface area contributed by atoms with Crippen molar-refractivity contribution in [2.75, 3.05) is 0 Å². The molecule has 0 bridgehead atoms. The summed E-state index contributed by atoms with van der Waals surface area (Å²) in [6.45, 7) is 2.18. The summed E-state index contributed by atoms with van der Waals surface area (Å²) in [5.41, 5.74) is 2.46. The van der Waals surface area contributed by atoms with Gasteiger partial charge in [-0.25, -0.2) is 4.68 Å². The zero-order valence-corrected chi connectivity index (χ0v) is 10.0.